The number of ether oxygens (including phenoxy) is 3. The molecule has 5 aromatic rings. The van der Waals surface area contributed by atoms with Crippen molar-refractivity contribution in [2.75, 3.05) is 19.8 Å². The fraction of sp³-hybridized carbons (Fsp3) is 0.200. The van der Waals surface area contributed by atoms with Gasteiger partial charge in [-0.1, -0.05) is 101 Å². The highest BCUT2D eigenvalue weighted by molar-refractivity contribution is 9.11. The first-order chi connectivity index (χ1) is 27.3. The molecule has 6 rings (SSSR count). The maximum atomic E-state index is 12.3. The van der Waals surface area contributed by atoms with E-state index in [1.54, 1.807) is 48.5 Å². The first-order valence-electron chi connectivity index (χ1n) is 17.9. The molecule has 12 heteroatoms. The van der Waals surface area contributed by atoms with Gasteiger partial charge >= 0.3 is 5.97 Å². The summed E-state index contributed by atoms with van der Waals surface area (Å²) in [6, 6.07) is 31.0. The third-order valence-corrected chi connectivity index (χ3v) is 10.2. The van der Waals surface area contributed by atoms with Gasteiger partial charge < -0.3 is 19.3 Å². The summed E-state index contributed by atoms with van der Waals surface area (Å²) in [5.74, 6) is 1.57. The molecule has 300 valence electrons. The van der Waals surface area contributed by atoms with Gasteiger partial charge in [-0.25, -0.2) is 4.79 Å². The van der Waals surface area contributed by atoms with Gasteiger partial charge in [-0.2, -0.15) is 0 Å². The highest BCUT2D eigenvalue weighted by atomic mass is 79.9. The Morgan fingerprint density at radius 3 is 1.60 bits per heavy atom. The van der Waals surface area contributed by atoms with E-state index in [9.17, 15) is 9.59 Å². The van der Waals surface area contributed by atoms with Crippen LogP contribution in [0.4, 0.5) is 0 Å². The van der Waals surface area contributed by atoms with Crippen LogP contribution in [0.1, 0.15) is 71.0 Å². The second-order valence-electron chi connectivity index (χ2n) is 11.8. The quantitative estimate of drug-likeness (QED) is 0.133. The molecule has 0 aromatic heterocycles. The minimum atomic E-state index is -1.02. The summed E-state index contributed by atoms with van der Waals surface area (Å²) < 4.78 is 18.6. The Bertz CT molecular complexity index is 2120. The molecule has 0 radical (unpaired) electrons. The van der Waals surface area contributed by atoms with Crippen molar-refractivity contribution in [1.29, 1.82) is 0 Å². The topological polar surface area (TPSA) is 82.1 Å². The fourth-order valence-corrected chi connectivity index (χ4v) is 6.71. The summed E-state index contributed by atoms with van der Waals surface area (Å²) in [6.45, 7) is 7.97. The second-order valence-corrected chi connectivity index (χ2v) is 15.8. The number of hydrogen-bond acceptors (Lipinski definition) is 5. The van der Waals surface area contributed by atoms with E-state index in [4.69, 9.17) is 54.1 Å². The van der Waals surface area contributed by atoms with Gasteiger partial charge in [-0.15, -0.1) is 0 Å². The Labute approximate surface area is 375 Å². The average Bonchev–Trinajstić information content (AvgIpc) is 3.20. The summed E-state index contributed by atoms with van der Waals surface area (Å²) in [7, 11) is 0. The van der Waals surface area contributed by atoms with Crippen LogP contribution in [0.15, 0.2) is 141 Å². The number of rotatable bonds is 11. The molecule has 0 spiro atoms. The van der Waals surface area contributed by atoms with Crippen LogP contribution < -0.4 is 9.47 Å². The molecule has 5 aromatic carbocycles. The molecule has 0 unspecified atom stereocenters. The van der Waals surface area contributed by atoms with Crippen LogP contribution >= 0.6 is 82.6 Å². The highest BCUT2D eigenvalue weighted by Crippen LogP contribution is 2.26. The molecular weight excluding hydrogens is 983 g/mol. The Morgan fingerprint density at radius 1 is 0.614 bits per heavy atom. The van der Waals surface area contributed by atoms with Gasteiger partial charge in [-0.3, -0.25) is 4.79 Å². The van der Waals surface area contributed by atoms with E-state index >= 15 is 0 Å². The molecular formula is C45H42Br3Cl3O6. The van der Waals surface area contributed by atoms with E-state index in [1.807, 2.05) is 51.1 Å². The summed E-state index contributed by atoms with van der Waals surface area (Å²) in [5.41, 5.74) is 3.53. The van der Waals surface area contributed by atoms with Gasteiger partial charge in [0.25, 0.3) is 0 Å². The van der Waals surface area contributed by atoms with Crippen molar-refractivity contribution in [3.8, 4) is 11.5 Å². The molecule has 1 N–H and O–H groups in total. The summed E-state index contributed by atoms with van der Waals surface area (Å²) in [6.07, 6.45) is 9.43. The predicted molar refractivity (Wildman–Crippen MR) is 244 cm³/mol. The second kappa shape index (κ2) is 25.7. The third kappa shape index (κ3) is 17.1. The van der Waals surface area contributed by atoms with Crippen LogP contribution in [0.2, 0.25) is 15.1 Å². The minimum absolute atomic E-state index is 0.102. The van der Waals surface area contributed by atoms with Crippen LogP contribution in [0.3, 0.4) is 0 Å². The molecule has 0 fully saturated rings. The third-order valence-electron chi connectivity index (χ3n) is 7.67. The van der Waals surface area contributed by atoms with Gasteiger partial charge in [-0.05, 0) is 154 Å². The number of aromatic carboxylic acids is 1. The van der Waals surface area contributed by atoms with Crippen molar-refractivity contribution in [2.45, 2.75) is 40.0 Å². The standard InChI is InChI=1S/C15H12BrClO2.C15H14BrClO.C8H12O.C7H4BrClO2/c1-2-19-12-6-3-10(4-7-12)15(18)13-9-11(16)5-8-14(13)17;1-2-18-14-6-3-11(4-7-14)9-12-10-13(16)5-8-15(12)17;1-2-9-8-6-4-3-5-7-8;8-4-1-2-6(9)5(3-4)7(10)11/h3-9H,2H2,1H3;3-8,10H,2,9H2,1H3;4,6-7H,2-3,5H2,1H3;1-3H,(H,10,11). The van der Waals surface area contributed by atoms with E-state index in [1.165, 1.54) is 17.7 Å². The number of carboxylic acid groups (broad SMARTS) is 1. The van der Waals surface area contributed by atoms with E-state index < -0.39 is 5.97 Å². The van der Waals surface area contributed by atoms with Crippen molar-refractivity contribution >= 4 is 94.3 Å². The zero-order valence-electron chi connectivity index (χ0n) is 31.5. The average molecular weight is 1020 g/mol. The molecule has 0 bridgehead atoms. The summed E-state index contributed by atoms with van der Waals surface area (Å²) in [4.78, 5) is 22.8. The van der Waals surface area contributed by atoms with Crippen molar-refractivity contribution in [2.24, 2.45) is 0 Å². The maximum absolute atomic E-state index is 12.3. The normalized spacial score (nSPS) is 11.3. The van der Waals surface area contributed by atoms with Gasteiger partial charge in [0, 0.05) is 29.6 Å². The van der Waals surface area contributed by atoms with E-state index in [2.05, 4.69) is 78.1 Å². The maximum Gasteiger partial charge on any atom is 0.337 e. The molecule has 1 aliphatic carbocycles. The first-order valence-corrected chi connectivity index (χ1v) is 21.4. The van der Waals surface area contributed by atoms with E-state index in [-0.39, 0.29) is 16.4 Å². The fourth-order valence-electron chi connectivity index (χ4n) is 4.99. The number of hydrogen-bond donors (Lipinski definition) is 1. The molecule has 6 nitrogen and oxygen atoms in total. The summed E-state index contributed by atoms with van der Waals surface area (Å²) >= 11 is 27.8. The lowest BCUT2D eigenvalue weighted by molar-refractivity contribution is 0.0696. The molecule has 1 aliphatic rings. The van der Waals surface area contributed by atoms with Crippen LogP contribution in [0.5, 0.6) is 11.5 Å². The van der Waals surface area contributed by atoms with Crippen molar-refractivity contribution in [1.82, 2.24) is 0 Å². The van der Waals surface area contributed by atoms with Crippen LogP contribution in [0.25, 0.3) is 0 Å². The zero-order valence-corrected chi connectivity index (χ0v) is 38.6. The molecule has 0 heterocycles. The van der Waals surface area contributed by atoms with E-state index in [0.717, 1.165) is 62.7 Å². The molecule has 0 aliphatic heterocycles. The van der Waals surface area contributed by atoms with Crippen LogP contribution in [0, 0.1) is 0 Å². The minimum Gasteiger partial charge on any atom is -0.494 e. The van der Waals surface area contributed by atoms with Crippen LogP contribution in [-0.4, -0.2) is 36.7 Å². The van der Waals surface area contributed by atoms with Gasteiger partial charge in [0.2, 0.25) is 0 Å². The number of carbonyl (C=O) groups is 2. The molecule has 57 heavy (non-hydrogen) atoms. The van der Waals surface area contributed by atoms with Crippen molar-refractivity contribution in [3.63, 3.8) is 0 Å². The van der Waals surface area contributed by atoms with Crippen molar-refractivity contribution in [3.05, 3.63) is 183 Å². The SMILES string of the molecule is CCOC1=CCCC=C1.CCOc1ccc(C(=O)c2cc(Br)ccc2Cl)cc1.CCOc1ccc(Cc2cc(Br)ccc2Cl)cc1.O=C(O)c1cc(Br)ccc1Cl. The lowest BCUT2D eigenvalue weighted by atomic mass is 10.0. The number of halogens is 6. The number of allylic oxidation sites excluding steroid dienone is 3. The van der Waals surface area contributed by atoms with Crippen molar-refractivity contribution < 1.29 is 28.9 Å². The van der Waals surface area contributed by atoms with E-state index in [0.29, 0.717) is 33.8 Å². The number of carbonyl (C=O) groups excluding carboxylic acids is 1. The molecule has 0 saturated heterocycles. The molecule has 0 atom stereocenters. The molecule has 0 saturated carbocycles. The largest absolute Gasteiger partial charge is 0.494 e. The van der Waals surface area contributed by atoms with Gasteiger partial charge in [0.05, 0.1) is 35.4 Å². The molecule has 0 amide bonds. The van der Waals surface area contributed by atoms with Gasteiger partial charge in [0.15, 0.2) is 5.78 Å². The first kappa shape index (κ1) is 47.8. The lowest BCUT2D eigenvalue weighted by Crippen LogP contribution is -2.02. The smallest absolute Gasteiger partial charge is 0.337 e. The zero-order chi connectivity index (χ0) is 41.7. The summed E-state index contributed by atoms with van der Waals surface area (Å²) in [5, 5.41) is 10.1. The monoisotopic (exact) mass is 1020 g/mol. The Balaban J connectivity index is 0.000000212. The predicted octanol–water partition coefficient (Wildman–Crippen LogP) is 14.9. The number of ketones is 1. The Hall–Kier alpha value is -3.57. The lowest BCUT2D eigenvalue weighted by Gasteiger charge is -2.07. The Morgan fingerprint density at radius 2 is 1.11 bits per heavy atom. The van der Waals surface area contributed by atoms with Crippen LogP contribution in [-0.2, 0) is 11.2 Å². The highest BCUT2D eigenvalue weighted by Gasteiger charge is 2.13. The Kier molecular flexibility index (Phi) is 21.6. The number of carboxylic acids is 1. The number of benzene rings is 5. The van der Waals surface area contributed by atoms with Gasteiger partial charge in [0.1, 0.15) is 17.3 Å².